The van der Waals surface area contributed by atoms with E-state index in [1.165, 1.54) is 0 Å². The van der Waals surface area contributed by atoms with Gasteiger partial charge in [0.15, 0.2) is 17.8 Å². The molecule has 2 N–H and O–H groups in total. The summed E-state index contributed by atoms with van der Waals surface area (Å²) in [6, 6.07) is 21.1. The number of hydrogen-bond donors (Lipinski definition) is 1. The number of pyridine rings is 1. The Morgan fingerprint density at radius 3 is 2.05 bits per heavy atom. The molecule has 11 nitrogen and oxygen atoms in total. The normalized spacial score (nSPS) is 11.5. The molecule has 1 aromatic heterocycles. The van der Waals surface area contributed by atoms with Crippen LogP contribution < -0.4 is 19.9 Å². The smallest absolute Gasteiger partial charge is 0.478 e. The van der Waals surface area contributed by atoms with Crippen molar-refractivity contribution in [3.63, 3.8) is 0 Å². The van der Waals surface area contributed by atoms with Crippen LogP contribution in [0.4, 0.5) is 18.9 Å². The molecular formula is C28H21F3N4O7. The van der Waals surface area contributed by atoms with E-state index < -0.39 is 39.0 Å². The Bertz CT molecular complexity index is 1620. The Morgan fingerprint density at radius 2 is 1.50 bits per heavy atom. The number of aromatic nitrogens is 1. The Hall–Kier alpha value is -5.66. The van der Waals surface area contributed by atoms with E-state index in [2.05, 4.69) is 5.16 Å². The molecule has 14 heteroatoms. The summed E-state index contributed by atoms with van der Waals surface area (Å²) in [6.45, 7) is -0.0623. The van der Waals surface area contributed by atoms with Crippen molar-refractivity contribution >= 4 is 17.5 Å². The fourth-order valence-corrected chi connectivity index (χ4v) is 3.61. The van der Waals surface area contributed by atoms with Crippen LogP contribution in [-0.2, 0) is 24.2 Å². The van der Waals surface area contributed by atoms with Gasteiger partial charge in [0.25, 0.3) is 5.69 Å². The summed E-state index contributed by atoms with van der Waals surface area (Å²) in [5.41, 5.74) is 4.40. The van der Waals surface area contributed by atoms with Crippen LogP contribution in [0, 0.1) is 15.3 Å². The molecule has 0 saturated heterocycles. The van der Waals surface area contributed by atoms with E-state index in [0.29, 0.717) is 12.3 Å². The molecule has 0 aliphatic rings. The number of oxime groups is 1. The summed E-state index contributed by atoms with van der Waals surface area (Å²) in [4.78, 5) is 28.8. The average Bonchev–Trinajstić information content (AvgIpc) is 2.97. The van der Waals surface area contributed by atoms with Gasteiger partial charge in [0.05, 0.1) is 16.1 Å². The summed E-state index contributed by atoms with van der Waals surface area (Å²) >= 11 is 0. The number of nitro benzene ring substituents is 1. The van der Waals surface area contributed by atoms with Gasteiger partial charge in [0, 0.05) is 12.1 Å². The van der Waals surface area contributed by atoms with Gasteiger partial charge in [-0.3, -0.25) is 10.1 Å². The van der Waals surface area contributed by atoms with Gasteiger partial charge in [-0.25, -0.2) is 4.79 Å². The maximum Gasteiger partial charge on any atom is 0.478 e. The lowest BCUT2D eigenvalue weighted by Gasteiger charge is -2.14. The lowest BCUT2D eigenvalue weighted by atomic mass is 10.1. The molecule has 42 heavy (non-hydrogen) atoms. The quantitative estimate of drug-likeness (QED) is 0.0528. The number of alkyl halides is 3. The molecule has 0 bridgehead atoms. The molecule has 0 radical (unpaired) electrons. The standard InChI is InChI=1S/C28H21F3N4O7/c29-28(30,31)24-12-11-20(15-34(24)37)26(32)33-42-27(36)21-13-22(35(38)39)25(41-17-19-9-5-2-6-10-19)23(14-21)40-16-18-7-3-1-4-8-18/h1-15H,16-17H2,(H2,32,33). The van der Waals surface area contributed by atoms with Gasteiger partial charge in [-0.2, -0.15) is 17.9 Å². The first kappa shape index (κ1) is 29.3. The van der Waals surface area contributed by atoms with Crippen LogP contribution in [0.15, 0.2) is 96.3 Å². The van der Waals surface area contributed by atoms with Crippen molar-refractivity contribution in [1.29, 1.82) is 0 Å². The molecule has 4 rings (SSSR count). The second kappa shape index (κ2) is 12.7. The van der Waals surface area contributed by atoms with Gasteiger partial charge in [-0.15, -0.1) is 0 Å². The SMILES string of the molecule is N/C(=N\OC(=O)c1cc(OCc2ccccc2)c(OCc2ccccc2)c([N+](=O)[O-])c1)c1ccc(C(F)(F)F)[n+]([O-])c1. The third kappa shape index (κ3) is 7.29. The van der Waals surface area contributed by atoms with E-state index in [4.69, 9.17) is 20.0 Å². The number of nitrogens with two attached hydrogens (primary N) is 1. The summed E-state index contributed by atoms with van der Waals surface area (Å²) in [5.74, 6) is -2.17. The molecule has 1 heterocycles. The number of carbonyl (C=O) groups excluding carboxylic acids is 1. The number of hydrogen-bond acceptors (Lipinski definition) is 8. The van der Waals surface area contributed by atoms with Crippen LogP contribution in [0.2, 0.25) is 0 Å². The molecule has 0 aliphatic carbocycles. The first-order chi connectivity index (χ1) is 20.0. The maximum absolute atomic E-state index is 12.8. The van der Waals surface area contributed by atoms with E-state index in [1.54, 1.807) is 60.7 Å². The van der Waals surface area contributed by atoms with Crippen molar-refractivity contribution in [3.8, 4) is 11.5 Å². The number of ether oxygens (including phenoxy) is 2. The highest BCUT2D eigenvalue weighted by atomic mass is 19.4. The highest BCUT2D eigenvalue weighted by Crippen LogP contribution is 2.40. The molecule has 0 saturated carbocycles. The summed E-state index contributed by atoms with van der Waals surface area (Å²) in [7, 11) is 0. The van der Waals surface area contributed by atoms with Crippen molar-refractivity contribution < 1.29 is 41.9 Å². The minimum atomic E-state index is -4.90. The predicted octanol–water partition coefficient (Wildman–Crippen LogP) is 4.88. The average molecular weight is 582 g/mol. The maximum atomic E-state index is 12.8. The van der Waals surface area contributed by atoms with E-state index in [-0.39, 0.29) is 35.8 Å². The lowest BCUT2D eigenvalue weighted by Crippen LogP contribution is -2.37. The Balaban J connectivity index is 1.62. The molecule has 3 aromatic carbocycles. The largest absolute Gasteiger partial charge is 0.618 e. The fraction of sp³-hybridized carbons (Fsp3) is 0.107. The molecule has 0 unspecified atom stereocenters. The fourth-order valence-electron chi connectivity index (χ4n) is 3.61. The van der Waals surface area contributed by atoms with Crippen LogP contribution in [0.5, 0.6) is 11.5 Å². The van der Waals surface area contributed by atoms with Gasteiger partial charge in [-0.1, -0.05) is 65.8 Å². The molecule has 4 aromatic rings. The predicted molar refractivity (Wildman–Crippen MR) is 141 cm³/mol. The summed E-state index contributed by atoms with van der Waals surface area (Å²) in [6.07, 6.45) is -4.39. The second-order valence-corrected chi connectivity index (χ2v) is 8.61. The molecular weight excluding hydrogens is 561 g/mol. The zero-order chi connectivity index (χ0) is 30.3. The molecule has 0 aliphatic heterocycles. The van der Waals surface area contributed by atoms with Crippen LogP contribution in [0.1, 0.15) is 32.7 Å². The number of nitro groups is 1. The highest BCUT2D eigenvalue weighted by molar-refractivity contribution is 5.98. The minimum Gasteiger partial charge on any atom is -0.618 e. The first-order valence-electron chi connectivity index (χ1n) is 12.0. The Morgan fingerprint density at radius 1 is 0.905 bits per heavy atom. The van der Waals surface area contributed by atoms with E-state index in [0.717, 1.165) is 29.3 Å². The minimum absolute atomic E-state index is 0.0214. The summed E-state index contributed by atoms with van der Waals surface area (Å²) < 4.78 is 49.6. The third-order valence-corrected chi connectivity index (χ3v) is 5.66. The zero-order valence-electron chi connectivity index (χ0n) is 21.5. The molecule has 0 amide bonds. The van der Waals surface area contributed by atoms with Crippen molar-refractivity contribution in [1.82, 2.24) is 0 Å². The van der Waals surface area contributed by atoms with Crippen molar-refractivity contribution in [2.75, 3.05) is 0 Å². The molecule has 216 valence electrons. The van der Waals surface area contributed by atoms with Gasteiger partial charge < -0.3 is 25.3 Å². The second-order valence-electron chi connectivity index (χ2n) is 8.61. The van der Waals surface area contributed by atoms with Gasteiger partial charge in [0.2, 0.25) is 5.75 Å². The summed E-state index contributed by atoms with van der Waals surface area (Å²) in [5, 5.41) is 27.1. The lowest BCUT2D eigenvalue weighted by molar-refractivity contribution is -0.629. The van der Waals surface area contributed by atoms with E-state index >= 15 is 0 Å². The Labute approximate surface area is 235 Å². The van der Waals surface area contributed by atoms with Gasteiger partial charge in [0.1, 0.15) is 13.2 Å². The number of halogens is 3. The Kier molecular flexibility index (Phi) is 8.85. The topological polar surface area (TPSA) is 153 Å². The van der Waals surface area contributed by atoms with E-state index in [9.17, 15) is 33.3 Å². The number of benzene rings is 3. The monoisotopic (exact) mass is 582 g/mol. The van der Waals surface area contributed by atoms with Crippen molar-refractivity contribution in [2.24, 2.45) is 10.9 Å². The van der Waals surface area contributed by atoms with Crippen LogP contribution >= 0.6 is 0 Å². The number of nitrogens with zero attached hydrogens (tertiary/aromatic N) is 3. The van der Waals surface area contributed by atoms with Gasteiger partial charge in [-0.05, 0) is 23.3 Å². The zero-order valence-corrected chi connectivity index (χ0v) is 21.5. The van der Waals surface area contributed by atoms with Crippen LogP contribution in [0.3, 0.4) is 0 Å². The van der Waals surface area contributed by atoms with E-state index in [1.807, 2.05) is 0 Å². The first-order valence-corrected chi connectivity index (χ1v) is 12.0. The van der Waals surface area contributed by atoms with Gasteiger partial charge >= 0.3 is 17.8 Å². The molecule has 0 spiro atoms. The highest BCUT2D eigenvalue weighted by Gasteiger charge is 2.39. The number of carbonyl (C=O) groups is 1. The number of rotatable bonds is 10. The van der Waals surface area contributed by atoms with Crippen molar-refractivity contribution in [2.45, 2.75) is 19.4 Å². The number of amidine groups is 1. The van der Waals surface area contributed by atoms with Crippen LogP contribution in [0.25, 0.3) is 0 Å². The van der Waals surface area contributed by atoms with Crippen LogP contribution in [-0.4, -0.2) is 16.7 Å². The third-order valence-electron chi connectivity index (χ3n) is 5.66. The molecule has 0 atom stereocenters. The van der Waals surface area contributed by atoms with Crippen molar-refractivity contribution in [3.05, 3.63) is 134 Å². The molecule has 0 fully saturated rings.